The third kappa shape index (κ3) is 6.08. The number of sulfonamides is 1. The molecule has 3 rings (SSSR count). The summed E-state index contributed by atoms with van der Waals surface area (Å²) in [6.07, 6.45) is 3.15. The number of rotatable bonds is 6. The van der Waals surface area contributed by atoms with Gasteiger partial charge < -0.3 is 9.84 Å². The smallest absolute Gasteiger partial charge is 0.309 e. The fourth-order valence-electron chi connectivity index (χ4n) is 3.26. The molecule has 1 aromatic carbocycles. The van der Waals surface area contributed by atoms with Crippen molar-refractivity contribution >= 4 is 28.0 Å². The molecule has 1 saturated heterocycles. The van der Waals surface area contributed by atoms with Gasteiger partial charge >= 0.3 is 5.97 Å². The largest absolute Gasteiger partial charge is 0.458 e. The number of hydrogen-bond donors (Lipinski definition) is 2. The van der Waals surface area contributed by atoms with Crippen LogP contribution in [0.2, 0.25) is 0 Å². The average molecular weight is 450 g/mol. The lowest BCUT2D eigenvalue weighted by Gasteiger charge is -2.23. The first-order valence-corrected chi connectivity index (χ1v) is 11.6. The highest BCUT2D eigenvalue weighted by Crippen LogP contribution is 2.31. The summed E-state index contributed by atoms with van der Waals surface area (Å²) < 4.78 is 44.5. The third-order valence-electron chi connectivity index (χ3n) is 4.58. The van der Waals surface area contributed by atoms with E-state index in [1.807, 2.05) is 13.8 Å². The standard InChI is InChI=1S/C21H24FN3O5S/c1-12(2)19-17(9-8-16-10-15(26)11-18(27)30-16)20(13-4-6-14(22)7-5-13)24-21(23-19)25-31(3,28)29/h4-9,12,15-16,26H,10-11H2,1-3H3,(H,23,24,25). The fourth-order valence-corrected chi connectivity index (χ4v) is 3.68. The van der Waals surface area contributed by atoms with Crippen LogP contribution in [0.5, 0.6) is 0 Å². The minimum atomic E-state index is -3.62. The predicted octanol–water partition coefficient (Wildman–Crippen LogP) is 2.86. The molecule has 2 aromatic rings. The van der Waals surface area contributed by atoms with Crippen LogP contribution in [0.1, 0.15) is 43.9 Å². The SMILES string of the molecule is CC(C)c1nc(NS(C)(=O)=O)nc(-c2ccc(F)cc2)c1C=CC1CC(O)CC(=O)O1. The predicted molar refractivity (Wildman–Crippen MR) is 114 cm³/mol. The summed E-state index contributed by atoms with van der Waals surface area (Å²) in [5, 5.41) is 9.83. The van der Waals surface area contributed by atoms with E-state index >= 15 is 0 Å². The van der Waals surface area contributed by atoms with Gasteiger partial charge in [0.25, 0.3) is 0 Å². The van der Waals surface area contributed by atoms with E-state index < -0.39 is 34.0 Å². The molecular formula is C21H24FN3O5S. The number of anilines is 1. The van der Waals surface area contributed by atoms with Gasteiger partial charge in [0, 0.05) is 17.5 Å². The number of aromatic nitrogens is 2. The Hall–Kier alpha value is -2.85. The van der Waals surface area contributed by atoms with Crippen LogP contribution < -0.4 is 4.72 Å². The zero-order chi connectivity index (χ0) is 22.8. The van der Waals surface area contributed by atoms with Gasteiger partial charge in [0.1, 0.15) is 11.9 Å². The Kier molecular flexibility index (Phi) is 6.71. The number of esters is 1. The molecule has 2 heterocycles. The molecule has 2 N–H and O–H groups in total. The Balaban J connectivity index is 2.13. The molecule has 2 unspecified atom stereocenters. The van der Waals surface area contributed by atoms with E-state index in [1.165, 1.54) is 24.3 Å². The van der Waals surface area contributed by atoms with E-state index in [2.05, 4.69) is 14.7 Å². The Morgan fingerprint density at radius 2 is 1.94 bits per heavy atom. The van der Waals surface area contributed by atoms with Crippen LogP contribution in [0.4, 0.5) is 10.3 Å². The molecule has 8 nitrogen and oxygen atoms in total. The van der Waals surface area contributed by atoms with Crippen LogP contribution in [0, 0.1) is 5.82 Å². The Morgan fingerprint density at radius 1 is 1.26 bits per heavy atom. The minimum absolute atomic E-state index is 0.0443. The zero-order valence-corrected chi connectivity index (χ0v) is 18.2. The maximum absolute atomic E-state index is 13.5. The molecular weight excluding hydrogens is 425 g/mol. The number of nitrogens with zero attached hydrogens (tertiary/aromatic N) is 2. The summed E-state index contributed by atoms with van der Waals surface area (Å²) in [6, 6.07) is 5.63. The van der Waals surface area contributed by atoms with Gasteiger partial charge in [-0.05, 0) is 36.3 Å². The van der Waals surface area contributed by atoms with Crippen molar-refractivity contribution in [1.82, 2.24) is 9.97 Å². The van der Waals surface area contributed by atoms with Gasteiger partial charge in [-0.1, -0.05) is 19.9 Å². The van der Waals surface area contributed by atoms with Gasteiger partial charge in [0.05, 0.1) is 30.2 Å². The van der Waals surface area contributed by atoms with E-state index in [0.717, 1.165) is 6.26 Å². The first-order chi connectivity index (χ1) is 14.5. The van der Waals surface area contributed by atoms with E-state index in [-0.39, 0.29) is 24.7 Å². The lowest BCUT2D eigenvalue weighted by molar-refractivity contribution is -0.156. The molecule has 1 aliphatic heterocycles. The lowest BCUT2D eigenvalue weighted by Crippen LogP contribution is -2.31. The number of benzene rings is 1. The number of aliphatic hydroxyl groups is 1. The van der Waals surface area contributed by atoms with Gasteiger partial charge in [-0.25, -0.2) is 22.8 Å². The fraction of sp³-hybridized carbons (Fsp3) is 0.381. The van der Waals surface area contributed by atoms with Crippen molar-refractivity contribution in [2.24, 2.45) is 0 Å². The van der Waals surface area contributed by atoms with Gasteiger partial charge in [-0.15, -0.1) is 0 Å². The molecule has 2 atom stereocenters. The van der Waals surface area contributed by atoms with Crippen LogP contribution in [0.15, 0.2) is 30.3 Å². The van der Waals surface area contributed by atoms with Crippen molar-refractivity contribution in [3.05, 3.63) is 47.4 Å². The Bertz CT molecular complexity index is 1100. The molecule has 0 saturated carbocycles. The number of aliphatic hydroxyl groups excluding tert-OH is 1. The van der Waals surface area contributed by atoms with Gasteiger partial charge in [-0.3, -0.25) is 9.52 Å². The summed E-state index contributed by atoms with van der Waals surface area (Å²) in [4.78, 5) is 20.4. The quantitative estimate of drug-likeness (QED) is 0.651. The Morgan fingerprint density at radius 3 is 2.52 bits per heavy atom. The highest BCUT2D eigenvalue weighted by atomic mass is 32.2. The normalized spacial score (nSPS) is 19.6. The molecule has 1 aromatic heterocycles. The highest BCUT2D eigenvalue weighted by Gasteiger charge is 2.26. The number of carbonyl (C=O) groups excluding carboxylic acids is 1. The van der Waals surface area contributed by atoms with Crippen LogP contribution >= 0.6 is 0 Å². The molecule has 0 aliphatic carbocycles. The molecule has 166 valence electrons. The number of nitrogens with one attached hydrogen (secondary N) is 1. The summed E-state index contributed by atoms with van der Waals surface area (Å²) >= 11 is 0. The molecule has 1 fully saturated rings. The summed E-state index contributed by atoms with van der Waals surface area (Å²) in [6.45, 7) is 3.78. The van der Waals surface area contributed by atoms with E-state index in [1.54, 1.807) is 12.2 Å². The van der Waals surface area contributed by atoms with Crippen molar-refractivity contribution < 1.29 is 27.4 Å². The second kappa shape index (κ2) is 9.11. The van der Waals surface area contributed by atoms with Crippen LogP contribution in [0.3, 0.4) is 0 Å². The maximum Gasteiger partial charge on any atom is 0.309 e. The molecule has 0 amide bonds. The van der Waals surface area contributed by atoms with Crippen molar-refractivity contribution in [2.45, 2.75) is 44.8 Å². The average Bonchev–Trinajstić information content (AvgIpc) is 2.65. The summed E-state index contributed by atoms with van der Waals surface area (Å²) in [5.74, 6) is -1.11. The van der Waals surface area contributed by atoms with Gasteiger partial charge in [-0.2, -0.15) is 0 Å². The number of ether oxygens (including phenoxy) is 1. The molecule has 0 bridgehead atoms. The summed E-state index contributed by atoms with van der Waals surface area (Å²) in [5.41, 5.74) is 2.09. The van der Waals surface area contributed by atoms with Crippen molar-refractivity contribution in [2.75, 3.05) is 11.0 Å². The minimum Gasteiger partial charge on any atom is -0.458 e. The van der Waals surface area contributed by atoms with E-state index in [0.29, 0.717) is 22.5 Å². The second-order valence-electron chi connectivity index (χ2n) is 7.71. The second-order valence-corrected chi connectivity index (χ2v) is 9.46. The van der Waals surface area contributed by atoms with Crippen LogP contribution in [0.25, 0.3) is 17.3 Å². The van der Waals surface area contributed by atoms with Crippen LogP contribution in [-0.2, 0) is 19.6 Å². The van der Waals surface area contributed by atoms with Gasteiger partial charge in [0.2, 0.25) is 16.0 Å². The number of carbonyl (C=O) groups is 1. The van der Waals surface area contributed by atoms with Crippen molar-refractivity contribution in [3.8, 4) is 11.3 Å². The number of cyclic esters (lactones) is 1. The number of hydrogen-bond acceptors (Lipinski definition) is 7. The number of halogens is 1. The van der Waals surface area contributed by atoms with Crippen molar-refractivity contribution in [3.63, 3.8) is 0 Å². The molecule has 10 heteroatoms. The zero-order valence-electron chi connectivity index (χ0n) is 17.4. The molecule has 1 aliphatic rings. The maximum atomic E-state index is 13.5. The Labute approximate surface area is 180 Å². The molecule has 0 radical (unpaired) electrons. The first-order valence-electron chi connectivity index (χ1n) is 9.73. The topological polar surface area (TPSA) is 118 Å². The first kappa shape index (κ1) is 22.8. The molecule has 31 heavy (non-hydrogen) atoms. The molecule has 0 spiro atoms. The van der Waals surface area contributed by atoms with E-state index in [9.17, 15) is 22.7 Å². The highest BCUT2D eigenvalue weighted by molar-refractivity contribution is 7.91. The monoisotopic (exact) mass is 449 g/mol. The van der Waals surface area contributed by atoms with Crippen LogP contribution in [-0.4, -0.2) is 47.9 Å². The third-order valence-corrected chi connectivity index (χ3v) is 5.14. The van der Waals surface area contributed by atoms with E-state index in [4.69, 9.17) is 4.74 Å². The summed E-state index contributed by atoms with van der Waals surface area (Å²) in [7, 11) is -3.62. The van der Waals surface area contributed by atoms with Crippen molar-refractivity contribution in [1.29, 1.82) is 0 Å². The lowest BCUT2D eigenvalue weighted by atomic mass is 9.97. The van der Waals surface area contributed by atoms with Gasteiger partial charge in [0.15, 0.2) is 0 Å².